The van der Waals surface area contributed by atoms with Gasteiger partial charge < -0.3 is 10.0 Å². The van der Waals surface area contributed by atoms with Crippen molar-refractivity contribution in [2.45, 2.75) is 25.4 Å². The van der Waals surface area contributed by atoms with Gasteiger partial charge in [-0.05, 0) is 34.8 Å². The van der Waals surface area contributed by atoms with Crippen LogP contribution >= 0.6 is 15.9 Å². The molecule has 2 rings (SSSR count). The predicted molar refractivity (Wildman–Crippen MR) is 72.2 cm³/mol. The molecule has 1 saturated carbocycles. The summed E-state index contributed by atoms with van der Waals surface area (Å²) in [5.74, 6) is 0.155. The first-order valence-corrected chi connectivity index (χ1v) is 6.91. The number of carbonyl (C=O) groups is 1. The number of rotatable bonds is 3. The highest BCUT2D eigenvalue weighted by Crippen LogP contribution is 2.26. The van der Waals surface area contributed by atoms with E-state index in [1.165, 1.54) is 0 Å². The molecule has 18 heavy (non-hydrogen) atoms. The van der Waals surface area contributed by atoms with Gasteiger partial charge in [0.2, 0.25) is 0 Å². The van der Waals surface area contributed by atoms with E-state index in [1.54, 1.807) is 30.4 Å². The molecule has 0 aliphatic heterocycles. The average molecular weight is 313 g/mol. The number of pyridine rings is 1. The number of hydrogen-bond donors (Lipinski definition) is 1. The SMILES string of the molecule is CN(CC1CCCC1O)C(=O)c1cncc(Br)c1. The van der Waals surface area contributed by atoms with Crippen molar-refractivity contribution >= 4 is 21.8 Å². The van der Waals surface area contributed by atoms with E-state index < -0.39 is 0 Å². The maximum atomic E-state index is 12.2. The van der Waals surface area contributed by atoms with Crippen LogP contribution in [0.1, 0.15) is 29.6 Å². The molecule has 0 aromatic carbocycles. The quantitative estimate of drug-likeness (QED) is 0.929. The van der Waals surface area contributed by atoms with Crippen LogP contribution in [0.5, 0.6) is 0 Å². The number of amides is 1. The Hall–Kier alpha value is -0.940. The maximum Gasteiger partial charge on any atom is 0.255 e. The number of halogens is 1. The van der Waals surface area contributed by atoms with E-state index in [9.17, 15) is 9.90 Å². The van der Waals surface area contributed by atoms with Gasteiger partial charge in [-0.15, -0.1) is 0 Å². The Balaban J connectivity index is 2.00. The van der Waals surface area contributed by atoms with Gasteiger partial charge in [0, 0.05) is 36.4 Å². The molecule has 1 amide bonds. The van der Waals surface area contributed by atoms with Gasteiger partial charge in [-0.1, -0.05) is 6.42 Å². The number of nitrogens with zero attached hydrogens (tertiary/aromatic N) is 2. The van der Waals surface area contributed by atoms with Gasteiger partial charge in [0.05, 0.1) is 11.7 Å². The first-order valence-electron chi connectivity index (χ1n) is 6.12. The van der Waals surface area contributed by atoms with Crippen LogP contribution in [0.2, 0.25) is 0 Å². The van der Waals surface area contributed by atoms with Gasteiger partial charge in [0.15, 0.2) is 0 Å². The minimum absolute atomic E-state index is 0.0529. The van der Waals surface area contributed by atoms with Crippen LogP contribution in [0.4, 0.5) is 0 Å². The summed E-state index contributed by atoms with van der Waals surface area (Å²) in [4.78, 5) is 17.8. The molecular weight excluding hydrogens is 296 g/mol. The van der Waals surface area contributed by atoms with Gasteiger partial charge in [0.25, 0.3) is 5.91 Å². The second-order valence-electron chi connectivity index (χ2n) is 4.84. The van der Waals surface area contributed by atoms with Crippen molar-refractivity contribution in [1.29, 1.82) is 0 Å². The predicted octanol–water partition coefficient (Wildman–Crippen LogP) is 2.08. The summed E-state index contributed by atoms with van der Waals surface area (Å²) in [6.07, 6.45) is 5.85. The molecule has 4 nitrogen and oxygen atoms in total. The fraction of sp³-hybridized carbons (Fsp3) is 0.538. The lowest BCUT2D eigenvalue weighted by molar-refractivity contribution is 0.0693. The summed E-state index contributed by atoms with van der Waals surface area (Å²) in [5, 5.41) is 9.78. The summed E-state index contributed by atoms with van der Waals surface area (Å²) in [6, 6.07) is 1.76. The molecule has 1 heterocycles. The Morgan fingerprint density at radius 1 is 1.56 bits per heavy atom. The molecule has 5 heteroatoms. The van der Waals surface area contributed by atoms with E-state index >= 15 is 0 Å². The molecule has 1 aromatic rings. The molecule has 2 atom stereocenters. The van der Waals surface area contributed by atoms with E-state index in [2.05, 4.69) is 20.9 Å². The largest absolute Gasteiger partial charge is 0.393 e. The molecule has 0 saturated heterocycles. The summed E-state index contributed by atoms with van der Waals surface area (Å²) >= 11 is 3.30. The van der Waals surface area contributed by atoms with Gasteiger partial charge in [-0.25, -0.2) is 0 Å². The number of aliphatic hydroxyl groups excluding tert-OH is 1. The molecule has 1 fully saturated rings. The zero-order valence-corrected chi connectivity index (χ0v) is 11.9. The third kappa shape index (κ3) is 3.09. The van der Waals surface area contributed by atoms with Gasteiger partial charge >= 0.3 is 0 Å². The number of aromatic nitrogens is 1. The summed E-state index contributed by atoms with van der Waals surface area (Å²) in [7, 11) is 1.77. The van der Waals surface area contributed by atoms with Gasteiger partial charge in [-0.3, -0.25) is 9.78 Å². The maximum absolute atomic E-state index is 12.2. The van der Waals surface area contributed by atoms with Crippen LogP contribution in [0.25, 0.3) is 0 Å². The van der Waals surface area contributed by atoms with Crippen molar-refractivity contribution in [1.82, 2.24) is 9.88 Å². The Morgan fingerprint density at radius 3 is 2.94 bits per heavy atom. The van der Waals surface area contributed by atoms with E-state index in [-0.39, 0.29) is 17.9 Å². The third-order valence-corrected chi connectivity index (χ3v) is 3.86. The van der Waals surface area contributed by atoms with Crippen LogP contribution in [-0.4, -0.2) is 40.6 Å². The standard InChI is InChI=1S/C13H17BrN2O2/c1-16(8-9-3-2-4-12(9)17)13(18)10-5-11(14)7-15-6-10/h5-7,9,12,17H,2-4,8H2,1H3. The van der Waals surface area contributed by atoms with Crippen molar-refractivity contribution in [3.63, 3.8) is 0 Å². The van der Waals surface area contributed by atoms with Crippen molar-refractivity contribution < 1.29 is 9.90 Å². The van der Waals surface area contributed by atoms with Crippen LogP contribution in [0.15, 0.2) is 22.9 Å². The van der Waals surface area contributed by atoms with E-state index in [0.717, 1.165) is 23.7 Å². The van der Waals surface area contributed by atoms with E-state index in [0.29, 0.717) is 12.1 Å². The lowest BCUT2D eigenvalue weighted by Crippen LogP contribution is -2.34. The molecule has 1 aliphatic rings. The highest BCUT2D eigenvalue weighted by molar-refractivity contribution is 9.10. The smallest absolute Gasteiger partial charge is 0.255 e. The summed E-state index contributed by atoms with van der Waals surface area (Å²) in [5.41, 5.74) is 0.569. The number of aliphatic hydroxyl groups is 1. The molecular formula is C13H17BrN2O2. The zero-order chi connectivity index (χ0) is 13.1. The minimum atomic E-state index is -0.263. The van der Waals surface area contributed by atoms with E-state index in [1.807, 2.05) is 0 Å². The molecule has 1 aliphatic carbocycles. The number of carbonyl (C=O) groups excluding carboxylic acids is 1. The van der Waals surface area contributed by atoms with Crippen LogP contribution in [0.3, 0.4) is 0 Å². The number of hydrogen-bond acceptors (Lipinski definition) is 3. The highest BCUT2D eigenvalue weighted by atomic mass is 79.9. The van der Waals surface area contributed by atoms with Crippen molar-refractivity contribution in [3.05, 3.63) is 28.5 Å². The third-order valence-electron chi connectivity index (χ3n) is 3.43. The lowest BCUT2D eigenvalue weighted by Gasteiger charge is -2.23. The molecule has 1 aromatic heterocycles. The first-order chi connectivity index (χ1) is 8.58. The van der Waals surface area contributed by atoms with Gasteiger partial charge in [0.1, 0.15) is 0 Å². The Bertz CT molecular complexity index is 439. The average Bonchev–Trinajstić information content (AvgIpc) is 2.74. The van der Waals surface area contributed by atoms with Crippen molar-refractivity contribution in [3.8, 4) is 0 Å². The van der Waals surface area contributed by atoms with E-state index in [4.69, 9.17) is 0 Å². The molecule has 0 spiro atoms. The summed E-state index contributed by atoms with van der Waals surface area (Å²) in [6.45, 7) is 0.604. The minimum Gasteiger partial charge on any atom is -0.393 e. The molecule has 98 valence electrons. The molecule has 2 unspecified atom stereocenters. The van der Waals surface area contributed by atoms with Crippen LogP contribution in [-0.2, 0) is 0 Å². The van der Waals surface area contributed by atoms with Gasteiger partial charge in [-0.2, -0.15) is 0 Å². The first kappa shape index (κ1) is 13.5. The Labute approximate surface area is 115 Å². The Morgan fingerprint density at radius 2 is 2.33 bits per heavy atom. The second-order valence-corrected chi connectivity index (χ2v) is 5.75. The topological polar surface area (TPSA) is 53.4 Å². The van der Waals surface area contributed by atoms with Crippen molar-refractivity contribution in [2.75, 3.05) is 13.6 Å². The second kappa shape index (κ2) is 5.80. The normalized spacial score (nSPS) is 23.1. The summed E-state index contributed by atoms with van der Waals surface area (Å²) < 4.78 is 0.794. The fourth-order valence-electron chi connectivity index (χ4n) is 2.41. The fourth-order valence-corrected chi connectivity index (χ4v) is 2.78. The highest BCUT2D eigenvalue weighted by Gasteiger charge is 2.27. The lowest BCUT2D eigenvalue weighted by atomic mass is 10.1. The van der Waals surface area contributed by atoms with Crippen LogP contribution < -0.4 is 0 Å². The molecule has 1 N–H and O–H groups in total. The van der Waals surface area contributed by atoms with Crippen LogP contribution in [0, 0.1) is 5.92 Å². The monoisotopic (exact) mass is 312 g/mol. The van der Waals surface area contributed by atoms with Crippen molar-refractivity contribution in [2.24, 2.45) is 5.92 Å². The zero-order valence-electron chi connectivity index (χ0n) is 10.3. The molecule has 0 radical (unpaired) electrons. The Kier molecular flexibility index (Phi) is 4.35. The molecule has 0 bridgehead atoms.